The molecule has 0 N–H and O–H groups in total. The number of halogens is 1. The molecule has 2 aromatic rings. The van der Waals surface area contributed by atoms with Crippen LogP contribution in [0.4, 0.5) is 0 Å². The molecule has 0 radical (unpaired) electrons. The SMILES string of the molecule is Cc1nccc(C(=O)Cc2cc(Br)cs2)n1. The molecule has 0 aromatic carbocycles. The van der Waals surface area contributed by atoms with Gasteiger partial charge >= 0.3 is 0 Å². The van der Waals surface area contributed by atoms with Crippen LogP contribution in [0.5, 0.6) is 0 Å². The largest absolute Gasteiger partial charge is 0.292 e. The highest BCUT2D eigenvalue weighted by atomic mass is 79.9. The van der Waals surface area contributed by atoms with Crippen molar-refractivity contribution >= 4 is 33.0 Å². The molecular formula is C11H9BrN2OS. The molecule has 5 heteroatoms. The van der Waals surface area contributed by atoms with Crippen molar-refractivity contribution in [3.8, 4) is 0 Å². The van der Waals surface area contributed by atoms with Crippen molar-refractivity contribution in [2.24, 2.45) is 0 Å². The number of ketones is 1. The second-order valence-corrected chi connectivity index (χ2v) is 5.23. The third kappa shape index (κ3) is 2.74. The number of hydrogen-bond acceptors (Lipinski definition) is 4. The fourth-order valence-electron chi connectivity index (χ4n) is 1.31. The molecule has 16 heavy (non-hydrogen) atoms. The van der Waals surface area contributed by atoms with Gasteiger partial charge in [-0.3, -0.25) is 4.79 Å². The second-order valence-electron chi connectivity index (χ2n) is 3.32. The maximum absolute atomic E-state index is 11.9. The molecule has 2 rings (SSSR count). The number of carbonyl (C=O) groups excluding carboxylic acids is 1. The maximum Gasteiger partial charge on any atom is 0.186 e. The summed E-state index contributed by atoms with van der Waals surface area (Å²) < 4.78 is 1.01. The lowest BCUT2D eigenvalue weighted by molar-refractivity contribution is 0.0988. The Balaban J connectivity index is 2.14. The molecule has 2 heterocycles. The fourth-order valence-corrected chi connectivity index (χ4v) is 2.76. The van der Waals surface area contributed by atoms with Gasteiger partial charge in [-0.2, -0.15) is 0 Å². The smallest absolute Gasteiger partial charge is 0.186 e. The Morgan fingerprint density at radius 1 is 1.56 bits per heavy atom. The first-order valence-electron chi connectivity index (χ1n) is 4.71. The number of aromatic nitrogens is 2. The molecule has 82 valence electrons. The van der Waals surface area contributed by atoms with Gasteiger partial charge in [0, 0.05) is 27.3 Å². The van der Waals surface area contributed by atoms with E-state index < -0.39 is 0 Å². The Bertz CT molecular complexity index is 524. The zero-order valence-corrected chi connectivity index (χ0v) is 11.0. The Morgan fingerprint density at radius 3 is 3.00 bits per heavy atom. The summed E-state index contributed by atoms with van der Waals surface area (Å²) in [6.07, 6.45) is 2.01. The van der Waals surface area contributed by atoms with Gasteiger partial charge in [0.25, 0.3) is 0 Å². The van der Waals surface area contributed by atoms with E-state index in [0.29, 0.717) is 17.9 Å². The molecule has 0 unspecified atom stereocenters. The standard InChI is InChI=1S/C11H9BrN2OS/c1-7-13-3-2-10(14-7)11(15)5-9-4-8(12)6-16-9/h2-4,6H,5H2,1H3. The quantitative estimate of drug-likeness (QED) is 0.818. The van der Waals surface area contributed by atoms with E-state index in [4.69, 9.17) is 0 Å². The highest BCUT2D eigenvalue weighted by Crippen LogP contribution is 2.20. The Hall–Kier alpha value is -1.07. The van der Waals surface area contributed by atoms with Crippen molar-refractivity contribution in [1.82, 2.24) is 9.97 Å². The maximum atomic E-state index is 11.9. The van der Waals surface area contributed by atoms with Crippen LogP contribution in [0, 0.1) is 6.92 Å². The number of hydrogen-bond donors (Lipinski definition) is 0. The summed E-state index contributed by atoms with van der Waals surface area (Å²) in [5.41, 5.74) is 0.483. The summed E-state index contributed by atoms with van der Waals surface area (Å²) >= 11 is 4.93. The number of carbonyl (C=O) groups is 1. The summed E-state index contributed by atoms with van der Waals surface area (Å²) in [6.45, 7) is 1.78. The number of thiophene rings is 1. The first kappa shape index (κ1) is 11.4. The van der Waals surface area contributed by atoms with Crippen molar-refractivity contribution in [2.45, 2.75) is 13.3 Å². The predicted molar refractivity (Wildman–Crippen MR) is 66.8 cm³/mol. The third-order valence-corrected chi connectivity index (χ3v) is 3.72. The van der Waals surface area contributed by atoms with Crippen LogP contribution >= 0.6 is 27.3 Å². The van der Waals surface area contributed by atoms with Crippen LogP contribution in [-0.2, 0) is 6.42 Å². The van der Waals surface area contributed by atoms with Gasteiger partial charge in [-0.25, -0.2) is 9.97 Å². The summed E-state index contributed by atoms with van der Waals surface area (Å²) in [5.74, 6) is 0.651. The van der Waals surface area contributed by atoms with Gasteiger partial charge in [0.2, 0.25) is 0 Å². The van der Waals surface area contributed by atoms with Gasteiger partial charge in [0.15, 0.2) is 5.78 Å². The van der Waals surface area contributed by atoms with E-state index >= 15 is 0 Å². The Kier molecular flexibility index (Phi) is 3.46. The highest BCUT2D eigenvalue weighted by molar-refractivity contribution is 9.10. The van der Waals surface area contributed by atoms with Crippen molar-refractivity contribution in [1.29, 1.82) is 0 Å². The topological polar surface area (TPSA) is 42.9 Å². The van der Waals surface area contributed by atoms with Gasteiger partial charge in [-0.05, 0) is 35.0 Å². The minimum absolute atomic E-state index is 0.0276. The second kappa shape index (κ2) is 4.84. The first-order valence-corrected chi connectivity index (χ1v) is 6.38. The third-order valence-electron chi connectivity index (χ3n) is 2.02. The van der Waals surface area contributed by atoms with Gasteiger partial charge in [-0.1, -0.05) is 0 Å². The van der Waals surface area contributed by atoms with Gasteiger partial charge < -0.3 is 0 Å². The molecule has 2 aromatic heterocycles. The van der Waals surface area contributed by atoms with Crippen molar-refractivity contribution in [3.05, 3.63) is 44.6 Å². The van der Waals surface area contributed by atoms with E-state index in [9.17, 15) is 4.79 Å². The molecule has 0 aliphatic heterocycles. The van der Waals surface area contributed by atoms with Crippen LogP contribution in [0.15, 0.2) is 28.2 Å². The molecule has 0 saturated heterocycles. The monoisotopic (exact) mass is 296 g/mol. The normalized spacial score (nSPS) is 10.4. The first-order chi connectivity index (χ1) is 7.65. The summed E-state index contributed by atoms with van der Waals surface area (Å²) in [6, 6.07) is 3.61. The predicted octanol–water partition coefficient (Wildman–Crippen LogP) is 3.03. The lowest BCUT2D eigenvalue weighted by Gasteiger charge is -1.98. The van der Waals surface area contributed by atoms with Crippen LogP contribution < -0.4 is 0 Å². The summed E-state index contributed by atoms with van der Waals surface area (Å²) in [7, 11) is 0. The highest BCUT2D eigenvalue weighted by Gasteiger charge is 2.10. The molecule has 0 bridgehead atoms. The zero-order chi connectivity index (χ0) is 11.5. The average Bonchev–Trinajstić information content (AvgIpc) is 2.64. The van der Waals surface area contributed by atoms with Crippen molar-refractivity contribution in [2.75, 3.05) is 0 Å². The number of nitrogens with zero attached hydrogens (tertiary/aromatic N) is 2. The molecule has 0 spiro atoms. The van der Waals surface area contributed by atoms with Crippen LogP contribution in [0.25, 0.3) is 0 Å². The average molecular weight is 297 g/mol. The minimum Gasteiger partial charge on any atom is -0.292 e. The van der Waals surface area contributed by atoms with E-state index in [0.717, 1.165) is 9.35 Å². The number of rotatable bonds is 3. The number of aryl methyl sites for hydroxylation is 1. The molecule has 0 amide bonds. The van der Waals surface area contributed by atoms with Crippen molar-refractivity contribution < 1.29 is 4.79 Å². The molecule has 0 aliphatic carbocycles. The van der Waals surface area contributed by atoms with Crippen LogP contribution in [-0.4, -0.2) is 15.8 Å². The van der Waals surface area contributed by atoms with Crippen molar-refractivity contribution in [3.63, 3.8) is 0 Å². The molecule has 0 aliphatic rings. The van der Waals surface area contributed by atoms with E-state index in [-0.39, 0.29) is 5.78 Å². The Morgan fingerprint density at radius 2 is 2.38 bits per heavy atom. The van der Waals surface area contributed by atoms with Gasteiger partial charge in [0.05, 0.1) is 0 Å². The Labute approximate surface area is 106 Å². The van der Waals surface area contributed by atoms with E-state index in [1.807, 2.05) is 11.4 Å². The molecule has 0 atom stereocenters. The summed E-state index contributed by atoms with van der Waals surface area (Å²) in [5, 5.41) is 1.97. The number of Topliss-reactive ketones (excluding diaryl/α,β-unsaturated/α-hetero) is 1. The van der Waals surface area contributed by atoms with E-state index in [2.05, 4.69) is 25.9 Å². The van der Waals surface area contributed by atoms with Gasteiger partial charge in [-0.15, -0.1) is 11.3 Å². The summed E-state index contributed by atoms with van der Waals surface area (Å²) in [4.78, 5) is 21.0. The fraction of sp³-hybridized carbons (Fsp3) is 0.182. The molecule has 0 fully saturated rings. The minimum atomic E-state index is 0.0276. The van der Waals surface area contributed by atoms with Crippen LogP contribution in [0.2, 0.25) is 0 Å². The van der Waals surface area contributed by atoms with Gasteiger partial charge in [0.1, 0.15) is 11.5 Å². The molecule has 3 nitrogen and oxygen atoms in total. The lowest BCUT2D eigenvalue weighted by atomic mass is 10.2. The van der Waals surface area contributed by atoms with Crippen LogP contribution in [0.1, 0.15) is 21.2 Å². The molecular weight excluding hydrogens is 288 g/mol. The van der Waals surface area contributed by atoms with E-state index in [1.54, 1.807) is 30.5 Å². The van der Waals surface area contributed by atoms with Crippen LogP contribution in [0.3, 0.4) is 0 Å². The molecule has 0 saturated carbocycles. The lowest BCUT2D eigenvalue weighted by Crippen LogP contribution is -2.06. The zero-order valence-electron chi connectivity index (χ0n) is 8.61. The van der Waals surface area contributed by atoms with E-state index in [1.165, 1.54) is 0 Å².